The zero-order valence-corrected chi connectivity index (χ0v) is 38.4. The Morgan fingerprint density at radius 3 is 0.643 bits per heavy atom. The fourth-order valence-electron chi connectivity index (χ4n) is 9.83. The van der Waals surface area contributed by atoms with E-state index in [4.69, 9.17) is 0 Å². The number of benzene rings is 11. The third-order valence-corrected chi connectivity index (χ3v) is 13.3. The van der Waals surface area contributed by atoms with Crippen molar-refractivity contribution >= 4 is 11.0 Å². The lowest BCUT2D eigenvalue weighted by atomic mass is 9.94. The van der Waals surface area contributed by atoms with Gasteiger partial charge in [0.25, 0.3) is 0 Å². The zero-order valence-electron chi connectivity index (χ0n) is 38.4. The number of hydrogen-bond donors (Lipinski definition) is 0. The summed E-state index contributed by atoms with van der Waals surface area (Å²) in [6.45, 7) is 0. The molecule has 0 saturated heterocycles. The van der Waals surface area contributed by atoms with Crippen LogP contribution in [0.4, 0.5) is 0 Å². The Kier molecular flexibility index (Phi) is 11.1. The fourth-order valence-corrected chi connectivity index (χ4v) is 9.83. The van der Waals surface area contributed by atoms with E-state index in [1.54, 1.807) is 0 Å². The Hall–Kier alpha value is -9.31. The molecule has 3 heteroatoms. The maximum absolute atomic E-state index is 15.8. The van der Waals surface area contributed by atoms with Crippen LogP contribution in [0.3, 0.4) is 0 Å². The van der Waals surface area contributed by atoms with E-state index in [0.29, 0.717) is 0 Å². The van der Waals surface area contributed by atoms with Crippen molar-refractivity contribution in [2.45, 2.75) is 0 Å². The van der Waals surface area contributed by atoms with Gasteiger partial charge in [0.2, 0.25) is 0 Å². The van der Waals surface area contributed by atoms with Gasteiger partial charge in [-0.1, -0.05) is 206 Å². The number of aromatic nitrogens is 2. The monoisotopic (exact) mass is 894 g/mol. The van der Waals surface area contributed by atoms with Crippen LogP contribution in [0.25, 0.3) is 111 Å². The lowest BCUT2D eigenvalue weighted by molar-refractivity contribution is 0.931. The molecule has 0 saturated carbocycles. The van der Waals surface area contributed by atoms with Crippen molar-refractivity contribution in [2.75, 3.05) is 0 Å². The molecular weight excluding hydrogens is 849 g/mol. The minimum absolute atomic E-state index is 0.153. The van der Waals surface area contributed by atoms with E-state index >= 15 is 4.79 Å². The van der Waals surface area contributed by atoms with Crippen molar-refractivity contribution in [3.63, 3.8) is 0 Å². The van der Waals surface area contributed by atoms with Gasteiger partial charge in [0.15, 0.2) is 0 Å². The van der Waals surface area contributed by atoms with E-state index in [2.05, 4.69) is 243 Å². The van der Waals surface area contributed by atoms with Crippen molar-refractivity contribution < 1.29 is 0 Å². The number of imidazole rings is 1. The van der Waals surface area contributed by atoms with Gasteiger partial charge in [-0.05, 0) is 162 Å². The van der Waals surface area contributed by atoms with Crippen LogP contribution in [0.15, 0.2) is 284 Å². The van der Waals surface area contributed by atoms with Gasteiger partial charge in [-0.2, -0.15) is 0 Å². The van der Waals surface area contributed by atoms with E-state index in [1.165, 1.54) is 0 Å². The summed E-state index contributed by atoms with van der Waals surface area (Å²) in [6, 6.07) is 98.0. The third-order valence-electron chi connectivity index (χ3n) is 13.3. The van der Waals surface area contributed by atoms with E-state index in [-0.39, 0.29) is 5.69 Å². The molecule has 12 aromatic rings. The van der Waals surface area contributed by atoms with Gasteiger partial charge < -0.3 is 0 Å². The topological polar surface area (TPSA) is 26.9 Å². The van der Waals surface area contributed by atoms with Crippen LogP contribution in [0.5, 0.6) is 0 Å². The molecule has 0 bridgehead atoms. The van der Waals surface area contributed by atoms with Crippen LogP contribution >= 0.6 is 0 Å². The van der Waals surface area contributed by atoms with E-state index in [1.807, 2.05) is 45.5 Å². The van der Waals surface area contributed by atoms with Crippen molar-refractivity contribution in [3.05, 3.63) is 290 Å². The molecule has 0 N–H and O–H groups in total. The Bertz CT molecular complexity index is 3430. The second kappa shape index (κ2) is 18.4. The predicted octanol–water partition coefficient (Wildman–Crippen LogP) is 17.1. The first kappa shape index (κ1) is 42.1. The van der Waals surface area contributed by atoms with E-state index < -0.39 is 0 Å². The van der Waals surface area contributed by atoms with Gasteiger partial charge in [0, 0.05) is 0 Å². The molecule has 330 valence electrons. The highest BCUT2D eigenvalue weighted by atomic mass is 16.1. The summed E-state index contributed by atoms with van der Waals surface area (Å²) in [5, 5.41) is 0. The molecule has 1 heterocycles. The molecule has 3 nitrogen and oxygen atoms in total. The molecule has 11 aromatic carbocycles. The van der Waals surface area contributed by atoms with Gasteiger partial charge in [0.1, 0.15) is 0 Å². The molecule has 12 rings (SSSR count). The molecular formula is C67H46N2O. The van der Waals surface area contributed by atoms with Crippen molar-refractivity contribution in [1.29, 1.82) is 0 Å². The van der Waals surface area contributed by atoms with Crippen LogP contribution in [0.1, 0.15) is 0 Å². The minimum Gasteiger partial charge on any atom is -0.260 e. The first-order chi connectivity index (χ1) is 34.6. The van der Waals surface area contributed by atoms with Crippen molar-refractivity contribution in [1.82, 2.24) is 9.13 Å². The molecule has 0 spiro atoms. The highest BCUT2D eigenvalue weighted by molar-refractivity contribution is 5.87. The van der Waals surface area contributed by atoms with Gasteiger partial charge in [-0.25, -0.2) is 4.79 Å². The molecule has 1 aromatic heterocycles. The maximum Gasteiger partial charge on any atom is 0.338 e. The Labute approximate surface area is 408 Å². The van der Waals surface area contributed by atoms with Crippen LogP contribution in [0, 0.1) is 0 Å². The first-order valence-electron chi connectivity index (χ1n) is 23.8. The summed E-state index contributed by atoms with van der Waals surface area (Å²) in [5.74, 6) is 0. The maximum atomic E-state index is 15.8. The van der Waals surface area contributed by atoms with Gasteiger partial charge in [-0.3, -0.25) is 9.13 Å². The number of hydrogen-bond acceptors (Lipinski definition) is 1. The van der Waals surface area contributed by atoms with Crippen molar-refractivity contribution in [3.8, 4) is 100 Å². The summed E-state index contributed by atoms with van der Waals surface area (Å²) in [5.41, 5.74) is 20.5. The van der Waals surface area contributed by atoms with Gasteiger partial charge in [0.05, 0.1) is 22.4 Å². The van der Waals surface area contributed by atoms with Crippen LogP contribution in [-0.4, -0.2) is 9.13 Å². The summed E-state index contributed by atoms with van der Waals surface area (Å²) in [7, 11) is 0. The van der Waals surface area contributed by atoms with E-state index in [0.717, 1.165) is 111 Å². The second-order valence-electron chi connectivity index (χ2n) is 17.8. The molecule has 0 fully saturated rings. The summed E-state index contributed by atoms with van der Waals surface area (Å²) in [6.07, 6.45) is 0. The molecule has 0 aliphatic heterocycles. The average Bonchev–Trinajstić information content (AvgIpc) is 3.75. The molecule has 0 aliphatic rings. The number of para-hydroxylation sites is 2. The molecule has 0 radical (unpaired) electrons. The second-order valence-corrected chi connectivity index (χ2v) is 17.8. The largest absolute Gasteiger partial charge is 0.338 e. The van der Waals surface area contributed by atoms with Crippen molar-refractivity contribution in [2.24, 2.45) is 0 Å². The summed E-state index contributed by atoms with van der Waals surface area (Å²) < 4.78 is 3.78. The van der Waals surface area contributed by atoms with Crippen LogP contribution in [-0.2, 0) is 0 Å². The Morgan fingerprint density at radius 1 is 0.186 bits per heavy atom. The standard InChI is InChI=1S/C67H46N2O/c70-67-68(63-43-59(55-31-15-27-51(37-55)47-19-5-1-6-20-47)41-60(44-63)56-32-16-28-52(38-56)48-21-7-2-8-22-48)65-35-13-14-36-66(65)69(67)64-45-61(57-33-17-29-53(39-57)49-23-9-3-10-24-49)42-62(46-64)58-34-18-30-54(40-58)50-25-11-4-12-26-50/h1-46H. The highest BCUT2D eigenvalue weighted by Crippen LogP contribution is 2.37. The molecule has 0 unspecified atom stereocenters. The average molecular weight is 895 g/mol. The number of nitrogens with zero attached hydrogens (tertiary/aromatic N) is 2. The minimum atomic E-state index is -0.153. The lowest BCUT2D eigenvalue weighted by Gasteiger charge is -2.14. The normalized spacial score (nSPS) is 11.2. The van der Waals surface area contributed by atoms with Crippen LogP contribution in [0.2, 0.25) is 0 Å². The predicted molar refractivity (Wildman–Crippen MR) is 292 cm³/mol. The molecule has 0 aliphatic carbocycles. The first-order valence-corrected chi connectivity index (χ1v) is 23.8. The third kappa shape index (κ3) is 8.27. The fraction of sp³-hybridized carbons (Fsp3) is 0. The van der Waals surface area contributed by atoms with Gasteiger partial charge in [-0.15, -0.1) is 0 Å². The van der Waals surface area contributed by atoms with Crippen LogP contribution < -0.4 is 5.69 Å². The number of rotatable bonds is 10. The Morgan fingerprint density at radius 2 is 0.386 bits per heavy atom. The zero-order chi connectivity index (χ0) is 46.8. The summed E-state index contributed by atoms with van der Waals surface area (Å²) >= 11 is 0. The summed E-state index contributed by atoms with van der Waals surface area (Å²) in [4.78, 5) is 15.8. The molecule has 70 heavy (non-hydrogen) atoms. The molecule has 0 amide bonds. The number of fused-ring (bicyclic) bond motifs is 1. The lowest BCUT2D eigenvalue weighted by Crippen LogP contribution is -2.22. The SMILES string of the molecule is O=c1n(-c2cc(-c3cccc(-c4ccccc4)c3)cc(-c3cccc(-c4ccccc4)c3)c2)c2ccccc2n1-c1cc(-c2cccc(-c3ccccc3)c2)cc(-c2cccc(-c3ccccc3)c2)c1. The quantitative estimate of drug-likeness (QED) is 0.134. The van der Waals surface area contributed by atoms with E-state index in [9.17, 15) is 0 Å². The molecule has 0 atom stereocenters. The van der Waals surface area contributed by atoms with Gasteiger partial charge >= 0.3 is 5.69 Å². The highest BCUT2D eigenvalue weighted by Gasteiger charge is 2.20. The Balaban J connectivity index is 1.07. The smallest absolute Gasteiger partial charge is 0.260 e.